The van der Waals surface area contributed by atoms with Gasteiger partial charge in [-0.25, -0.2) is 0 Å². The van der Waals surface area contributed by atoms with Gasteiger partial charge in [-0.1, -0.05) is 31.2 Å². The van der Waals surface area contributed by atoms with Crippen molar-refractivity contribution >= 4 is 11.8 Å². The molecule has 0 atom stereocenters. The molecule has 2 aromatic rings. The molecule has 112 valence electrons. The van der Waals surface area contributed by atoms with E-state index in [1.54, 1.807) is 11.8 Å². The molecule has 0 bridgehead atoms. The number of benzene rings is 2. The van der Waals surface area contributed by atoms with E-state index in [2.05, 4.69) is 54.9 Å². The van der Waals surface area contributed by atoms with Crippen molar-refractivity contribution in [2.75, 3.05) is 19.3 Å². The topological polar surface area (TPSA) is 21.3 Å². The van der Waals surface area contributed by atoms with Crippen LogP contribution in [0.4, 0.5) is 0 Å². The first-order chi connectivity index (χ1) is 10.3. The minimum Gasteiger partial charge on any atom is -0.489 e. The lowest BCUT2D eigenvalue weighted by Crippen LogP contribution is -2.15. The minimum absolute atomic E-state index is 0.617. The Labute approximate surface area is 131 Å². The number of hydrogen-bond acceptors (Lipinski definition) is 3. The van der Waals surface area contributed by atoms with Gasteiger partial charge in [-0.05, 0) is 61.2 Å². The predicted octanol–water partition coefficient (Wildman–Crippen LogP) is 4.14. The maximum absolute atomic E-state index is 5.81. The zero-order valence-corrected chi connectivity index (χ0v) is 13.6. The lowest BCUT2D eigenvalue weighted by Gasteiger charge is -2.08. The zero-order chi connectivity index (χ0) is 14.9. The SMILES string of the molecule is CCNCCc1ccc(COc2ccc(SC)cc2)cc1. The van der Waals surface area contributed by atoms with Crippen LogP contribution in [0.2, 0.25) is 0 Å². The molecule has 0 unspecified atom stereocenters. The Balaban J connectivity index is 1.82. The summed E-state index contributed by atoms with van der Waals surface area (Å²) in [5.41, 5.74) is 2.57. The summed E-state index contributed by atoms with van der Waals surface area (Å²) in [5.74, 6) is 0.920. The van der Waals surface area contributed by atoms with Crippen LogP contribution in [-0.2, 0) is 13.0 Å². The van der Waals surface area contributed by atoms with Crippen molar-refractivity contribution in [3.8, 4) is 5.75 Å². The third-order valence-corrected chi connectivity index (χ3v) is 4.07. The summed E-state index contributed by atoms with van der Waals surface area (Å²) in [6.07, 6.45) is 3.15. The van der Waals surface area contributed by atoms with E-state index in [1.165, 1.54) is 16.0 Å². The summed E-state index contributed by atoms with van der Waals surface area (Å²) < 4.78 is 5.81. The van der Waals surface area contributed by atoms with Gasteiger partial charge in [0.05, 0.1) is 0 Å². The van der Waals surface area contributed by atoms with Crippen molar-refractivity contribution in [1.29, 1.82) is 0 Å². The van der Waals surface area contributed by atoms with Gasteiger partial charge in [-0.15, -0.1) is 11.8 Å². The highest BCUT2D eigenvalue weighted by molar-refractivity contribution is 7.98. The van der Waals surface area contributed by atoms with Crippen LogP contribution in [0.3, 0.4) is 0 Å². The second-order valence-electron chi connectivity index (χ2n) is 4.88. The summed E-state index contributed by atoms with van der Waals surface area (Å²) >= 11 is 1.74. The first kappa shape index (κ1) is 15.9. The van der Waals surface area contributed by atoms with Crippen molar-refractivity contribution in [3.05, 3.63) is 59.7 Å². The maximum Gasteiger partial charge on any atom is 0.119 e. The van der Waals surface area contributed by atoms with E-state index in [-0.39, 0.29) is 0 Å². The summed E-state index contributed by atoms with van der Waals surface area (Å²) in [4.78, 5) is 1.26. The fourth-order valence-corrected chi connectivity index (χ4v) is 2.46. The molecule has 0 spiro atoms. The van der Waals surface area contributed by atoms with Crippen LogP contribution in [0.25, 0.3) is 0 Å². The Morgan fingerprint density at radius 2 is 1.62 bits per heavy atom. The molecule has 0 saturated heterocycles. The van der Waals surface area contributed by atoms with E-state index >= 15 is 0 Å². The van der Waals surface area contributed by atoms with Gasteiger partial charge in [0.2, 0.25) is 0 Å². The number of likely N-dealkylation sites (N-methyl/N-ethyl adjacent to an activating group) is 1. The minimum atomic E-state index is 0.617. The molecule has 2 aromatic carbocycles. The van der Waals surface area contributed by atoms with Gasteiger partial charge >= 0.3 is 0 Å². The number of ether oxygens (including phenoxy) is 1. The predicted molar refractivity (Wildman–Crippen MR) is 91.2 cm³/mol. The highest BCUT2D eigenvalue weighted by Crippen LogP contribution is 2.19. The second-order valence-corrected chi connectivity index (χ2v) is 5.76. The van der Waals surface area contributed by atoms with Gasteiger partial charge in [-0.3, -0.25) is 0 Å². The second kappa shape index (κ2) is 8.75. The summed E-state index contributed by atoms with van der Waals surface area (Å²) in [6, 6.07) is 16.9. The van der Waals surface area contributed by atoms with E-state index in [0.29, 0.717) is 6.61 Å². The molecular weight excluding hydrogens is 278 g/mol. The van der Waals surface area contributed by atoms with Crippen LogP contribution >= 0.6 is 11.8 Å². The van der Waals surface area contributed by atoms with E-state index in [9.17, 15) is 0 Å². The molecule has 0 amide bonds. The van der Waals surface area contributed by atoms with Crippen molar-refractivity contribution in [3.63, 3.8) is 0 Å². The standard InChI is InChI=1S/C18H23NOS/c1-3-19-13-12-15-4-6-16(7-5-15)14-20-17-8-10-18(21-2)11-9-17/h4-11,19H,3,12-14H2,1-2H3. The quantitative estimate of drug-likeness (QED) is 0.585. The molecule has 1 N–H and O–H groups in total. The molecule has 0 radical (unpaired) electrons. The lowest BCUT2D eigenvalue weighted by atomic mass is 10.1. The summed E-state index contributed by atoms with van der Waals surface area (Å²) in [7, 11) is 0. The van der Waals surface area contributed by atoms with Gasteiger partial charge in [0.25, 0.3) is 0 Å². The number of nitrogens with one attached hydrogen (secondary N) is 1. The van der Waals surface area contributed by atoms with Crippen molar-refractivity contribution in [2.24, 2.45) is 0 Å². The highest BCUT2D eigenvalue weighted by Gasteiger charge is 1.98. The molecular formula is C18H23NOS. The third kappa shape index (κ3) is 5.44. The van der Waals surface area contributed by atoms with Gasteiger partial charge in [0, 0.05) is 4.90 Å². The average Bonchev–Trinajstić information content (AvgIpc) is 2.55. The Bertz CT molecular complexity index is 522. The number of thioether (sulfide) groups is 1. The molecule has 3 heteroatoms. The van der Waals surface area contributed by atoms with E-state index in [1.807, 2.05) is 12.1 Å². The zero-order valence-electron chi connectivity index (χ0n) is 12.8. The van der Waals surface area contributed by atoms with Gasteiger partial charge in [0.15, 0.2) is 0 Å². The van der Waals surface area contributed by atoms with Crippen molar-refractivity contribution < 1.29 is 4.74 Å². The third-order valence-electron chi connectivity index (χ3n) is 3.33. The van der Waals surface area contributed by atoms with E-state index in [4.69, 9.17) is 4.74 Å². The molecule has 0 aromatic heterocycles. The summed E-state index contributed by atoms with van der Waals surface area (Å²) in [5, 5.41) is 3.34. The largest absolute Gasteiger partial charge is 0.489 e. The van der Waals surface area contributed by atoms with E-state index < -0.39 is 0 Å². The van der Waals surface area contributed by atoms with Crippen LogP contribution in [-0.4, -0.2) is 19.3 Å². The molecule has 0 saturated carbocycles. The Hall–Kier alpha value is -1.45. The normalized spacial score (nSPS) is 10.6. The number of hydrogen-bond donors (Lipinski definition) is 1. The molecule has 0 aliphatic rings. The molecule has 0 heterocycles. The van der Waals surface area contributed by atoms with Gasteiger partial charge < -0.3 is 10.1 Å². The van der Waals surface area contributed by atoms with Crippen molar-refractivity contribution in [1.82, 2.24) is 5.32 Å². The monoisotopic (exact) mass is 301 g/mol. The first-order valence-electron chi connectivity index (χ1n) is 7.37. The fourth-order valence-electron chi connectivity index (χ4n) is 2.05. The van der Waals surface area contributed by atoms with Gasteiger partial charge in [0.1, 0.15) is 12.4 Å². The van der Waals surface area contributed by atoms with Crippen LogP contribution in [0, 0.1) is 0 Å². The number of rotatable bonds is 8. The highest BCUT2D eigenvalue weighted by atomic mass is 32.2. The van der Waals surface area contributed by atoms with Gasteiger partial charge in [-0.2, -0.15) is 0 Å². The molecule has 0 aliphatic carbocycles. The average molecular weight is 301 g/mol. The molecule has 2 rings (SSSR count). The lowest BCUT2D eigenvalue weighted by molar-refractivity contribution is 0.306. The Morgan fingerprint density at radius 1 is 0.952 bits per heavy atom. The first-order valence-corrected chi connectivity index (χ1v) is 8.59. The fraction of sp³-hybridized carbons (Fsp3) is 0.333. The molecule has 0 aliphatic heterocycles. The summed E-state index contributed by atoms with van der Waals surface area (Å²) in [6.45, 7) is 4.81. The molecule has 21 heavy (non-hydrogen) atoms. The van der Waals surface area contributed by atoms with E-state index in [0.717, 1.165) is 25.3 Å². The van der Waals surface area contributed by atoms with Crippen molar-refractivity contribution in [2.45, 2.75) is 24.8 Å². The molecule has 0 fully saturated rings. The maximum atomic E-state index is 5.81. The van der Waals surface area contributed by atoms with Crippen LogP contribution in [0.5, 0.6) is 5.75 Å². The van der Waals surface area contributed by atoms with Crippen LogP contribution in [0.1, 0.15) is 18.1 Å². The van der Waals surface area contributed by atoms with Crippen LogP contribution in [0.15, 0.2) is 53.4 Å². The Morgan fingerprint density at radius 3 is 2.24 bits per heavy atom. The smallest absolute Gasteiger partial charge is 0.119 e. The Kier molecular flexibility index (Phi) is 6.64. The molecule has 2 nitrogen and oxygen atoms in total. The van der Waals surface area contributed by atoms with Crippen LogP contribution < -0.4 is 10.1 Å².